The minimum atomic E-state index is -0.738. The number of rotatable bonds is 6. The number of aromatic hydroxyl groups is 1. The number of halogens is 1. The third-order valence-electron chi connectivity index (χ3n) is 4.26. The van der Waals surface area contributed by atoms with Crippen LogP contribution in [0.25, 0.3) is 0 Å². The molecule has 6 heteroatoms. The average Bonchev–Trinajstić information content (AvgIpc) is 2.57. The van der Waals surface area contributed by atoms with Crippen LogP contribution in [0.15, 0.2) is 46.9 Å². The Bertz CT molecular complexity index is 759. The van der Waals surface area contributed by atoms with Crippen molar-refractivity contribution in [1.82, 2.24) is 0 Å². The van der Waals surface area contributed by atoms with Crippen molar-refractivity contribution in [3.63, 3.8) is 0 Å². The maximum Gasteiger partial charge on any atom is 0.412 e. The zero-order chi connectivity index (χ0) is 19.3. The first-order valence-corrected chi connectivity index (χ1v) is 9.16. The van der Waals surface area contributed by atoms with Gasteiger partial charge >= 0.3 is 6.09 Å². The number of aliphatic hydroxyl groups excluding tert-OH is 1. The summed E-state index contributed by atoms with van der Waals surface area (Å²) < 4.78 is 6.44. The van der Waals surface area contributed by atoms with E-state index in [2.05, 4.69) is 21.2 Å². The first-order chi connectivity index (χ1) is 12.2. The van der Waals surface area contributed by atoms with Crippen LogP contribution in [0.1, 0.15) is 37.5 Å². The fourth-order valence-electron chi connectivity index (χ4n) is 2.69. The number of amides is 1. The third-order valence-corrected chi connectivity index (χ3v) is 4.75. The van der Waals surface area contributed by atoms with E-state index in [0.717, 1.165) is 10.0 Å². The summed E-state index contributed by atoms with van der Waals surface area (Å²) in [5.41, 5.74) is 1.61. The summed E-state index contributed by atoms with van der Waals surface area (Å²) >= 11 is 3.38. The molecule has 0 bridgehead atoms. The maximum absolute atomic E-state index is 12.4. The fourth-order valence-corrected chi connectivity index (χ4v) is 3.07. The van der Waals surface area contributed by atoms with E-state index in [1.807, 2.05) is 32.9 Å². The molecule has 2 rings (SSSR count). The smallest absolute Gasteiger partial charge is 0.412 e. The molecule has 0 saturated heterocycles. The molecule has 0 aromatic heterocycles. The molecule has 0 unspecified atom stereocenters. The Morgan fingerprint density at radius 2 is 1.88 bits per heavy atom. The molecule has 140 valence electrons. The zero-order valence-corrected chi connectivity index (χ0v) is 16.7. The van der Waals surface area contributed by atoms with Crippen LogP contribution in [0.4, 0.5) is 10.5 Å². The van der Waals surface area contributed by atoms with Crippen LogP contribution >= 0.6 is 15.9 Å². The van der Waals surface area contributed by atoms with Crippen LogP contribution < -0.4 is 5.32 Å². The van der Waals surface area contributed by atoms with Crippen molar-refractivity contribution in [2.24, 2.45) is 5.41 Å². The number of hydrogen-bond acceptors (Lipinski definition) is 4. The lowest BCUT2D eigenvalue weighted by Gasteiger charge is -2.34. The van der Waals surface area contributed by atoms with Gasteiger partial charge in [0.1, 0.15) is 11.9 Å². The number of hydrogen-bond donors (Lipinski definition) is 3. The van der Waals surface area contributed by atoms with E-state index in [0.29, 0.717) is 17.7 Å². The number of nitrogens with one attached hydrogen (secondary N) is 1. The summed E-state index contributed by atoms with van der Waals surface area (Å²) in [5.74, 6) is 0.0346. The number of ether oxygens (including phenoxy) is 1. The van der Waals surface area contributed by atoms with Crippen molar-refractivity contribution in [3.05, 3.63) is 58.1 Å². The van der Waals surface area contributed by atoms with Crippen molar-refractivity contribution in [2.45, 2.75) is 33.3 Å². The molecule has 1 amide bonds. The van der Waals surface area contributed by atoms with E-state index in [9.17, 15) is 15.0 Å². The fraction of sp³-hybridized carbons (Fsp3) is 0.350. The number of phenols is 1. The second-order valence-corrected chi connectivity index (χ2v) is 7.86. The number of carbonyl (C=O) groups is 1. The minimum Gasteiger partial charge on any atom is -0.508 e. The molecule has 0 fully saturated rings. The van der Waals surface area contributed by atoms with Gasteiger partial charge in [-0.05, 0) is 43.7 Å². The van der Waals surface area contributed by atoms with Gasteiger partial charge in [0.05, 0.1) is 0 Å². The van der Waals surface area contributed by atoms with Crippen LogP contribution in [0, 0.1) is 12.3 Å². The highest BCUT2D eigenvalue weighted by molar-refractivity contribution is 9.10. The van der Waals surface area contributed by atoms with E-state index in [-0.39, 0.29) is 12.4 Å². The van der Waals surface area contributed by atoms with Crippen LogP contribution in [-0.2, 0) is 4.74 Å². The van der Waals surface area contributed by atoms with Gasteiger partial charge < -0.3 is 14.9 Å². The van der Waals surface area contributed by atoms with E-state index in [1.54, 1.807) is 30.3 Å². The van der Waals surface area contributed by atoms with Gasteiger partial charge in [-0.1, -0.05) is 47.5 Å². The molecule has 0 spiro atoms. The third kappa shape index (κ3) is 5.22. The van der Waals surface area contributed by atoms with Crippen LogP contribution in [0.2, 0.25) is 0 Å². The Morgan fingerprint density at radius 3 is 2.50 bits per heavy atom. The van der Waals surface area contributed by atoms with Crippen molar-refractivity contribution in [1.29, 1.82) is 0 Å². The predicted octanol–water partition coefficient (Wildman–Crippen LogP) is 5.16. The summed E-state index contributed by atoms with van der Waals surface area (Å²) in [5, 5.41) is 22.4. The number of carbonyl (C=O) groups excluding carboxylic acids is 1. The maximum atomic E-state index is 12.4. The van der Waals surface area contributed by atoms with Gasteiger partial charge in [-0.3, -0.25) is 5.32 Å². The van der Waals surface area contributed by atoms with Crippen molar-refractivity contribution < 1.29 is 19.7 Å². The summed E-state index contributed by atoms with van der Waals surface area (Å²) in [6.07, 6.45) is -0.955. The quantitative estimate of drug-likeness (QED) is 0.601. The second kappa shape index (κ2) is 8.56. The Kier molecular flexibility index (Phi) is 6.67. The first kappa shape index (κ1) is 20.3. The Labute approximate surface area is 162 Å². The number of aliphatic hydroxyl groups is 1. The number of aryl methyl sites for hydroxylation is 1. The molecule has 26 heavy (non-hydrogen) atoms. The van der Waals surface area contributed by atoms with Crippen LogP contribution in [0.5, 0.6) is 5.75 Å². The normalized spacial score (nSPS) is 12.5. The molecule has 0 aliphatic rings. The highest BCUT2D eigenvalue weighted by atomic mass is 79.9. The monoisotopic (exact) mass is 421 g/mol. The molecule has 0 radical (unpaired) electrons. The average molecular weight is 422 g/mol. The molecule has 0 saturated carbocycles. The van der Waals surface area contributed by atoms with Crippen molar-refractivity contribution in [3.8, 4) is 5.75 Å². The van der Waals surface area contributed by atoms with E-state index in [4.69, 9.17) is 4.74 Å². The lowest BCUT2D eigenvalue weighted by molar-refractivity contribution is 0.0138. The van der Waals surface area contributed by atoms with Crippen molar-refractivity contribution in [2.75, 3.05) is 11.9 Å². The summed E-state index contributed by atoms with van der Waals surface area (Å²) in [6.45, 7) is 5.67. The molecule has 0 aliphatic carbocycles. The molecule has 2 aromatic rings. The highest BCUT2D eigenvalue weighted by Gasteiger charge is 2.35. The van der Waals surface area contributed by atoms with Gasteiger partial charge in [-0.15, -0.1) is 0 Å². The van der Waals surface area contributed by atoms with Gasteiger partial charge in [0.2, 0.25) is 0 Å². The molecule has 3 N–H and O–H groups in total. The highest BCUT2D eigenvalue weighted by Crippen LogP contribution is 2.43. The van der Waals surface area contributed by atoms with Gasteiger partial charge in [-0.25, -0.2) is 4.79 Å². The van der Waals surface area contributed by atoms with E-state index < -0.39 is 17.6 Å². The first-order valence-electron chi connectivity index (χ1n) is 8.36. The number of phenolic OH excluding ortho intramolecular Hbond substituents is 1. The topological polar surface area (TPSA) is 78.8 Å². The molecule has 5 nitrogen and oxygen atoms in total. The van der Waals surface area contributed by atoms with E-state index in [1.165, 1.54) is 0 Å². The lowest BCUT2D eigenvalue weighted by Crippen LogP contribution is -2.30. The zero-order valence-electron chi connectivity index (χ0n) is 15.1. The summed E-state index contributed by atoms with van der Waals surface area (Å²) in [7, 11) is 0. The predicted molar refractivity (Wildman–Crippen MR) is 105 cm³/mol. The molecule has 2 aromatic carbocycles. The van der Waals surface area contributed by atoms with Crippen LogP contribution in [-0.4, -0.2) is 22.9 Å². The minimum absolute atomic E-state index is 0.0346. The Hall–Kier alpha value is -2.05. The Balaban J connectivity index is 2.27. The molecule has 0 aliphatic heterocycles. The van der Waals surface area contributed by atoms with Gasteiger partial charge in [-0.2, -0.15) is 0 Å². The number of anilines is 1. The molecular weight excluding hydrogens is 398 g/mol. The largest absolute Gasteiger partial charge is 0.508 e. The lowest BCUT2D eigenvalue weighted by atomic mass is 9.79. The number of benzene rings is 2. The summed E-state index contributed by atoms with van der Waals surface area (Å²) in [6, 6.07) is 12.3. The molecule has 0 heterocycles. The SMILES string of the molecule is Cc1ccc(NC(=O)O[C@@H](c2cc(Br)ccc2O)C(C)(C)CCO)cc1. The van der Waals surface area contributed by atoms with Crippen LogP contribution in [0.3, 0.4) is 0 Å². The molecule has 1 atom stereocenters. The second-order valence-electron chi connectivity index (χ2n) is 6.94. The molecular formula is C20H24BrNO4. The Morgan fingerprint density at radius 1 is 1.23 bits per heavy atom. The standard InChI is InChI=1S/C20H24BrNO4/c1-13-4-7-15(8-5-13)22-19(25)26-18(20(2,3)10-11-23)16-12-14(21)6-9-17(16)24/h4-9,12,18,23-24H,10-11H2,1-3H3,(H,22,25)/t18-/m0/s1. The summed E-state index contributed by atoms with van der Waals surface area (Å²) in [4.78, 5) is 12.4. The van der Waals surface area contributed by atoms with Gasteiger partial charge in [0.25, 0.3) is 0 Å². The van der Waals surface area contributed by atoms with Gasteiger partial charge in [0, 0.05) is 27.7 Å². The van der Waals surface area contributed by atoms with E-state index >= 15 is 0 Å². The van der Waals surface area contributed by atoms with Crippen molar-refractivity contribution >= 4 is 27.7 Å². The van der Waals surface area contributed by atoms with Gasteiger partial charge in [0.15, 0.2) is 0 Å².